The second kappa shape index (κ2) is 3.23. The summed E-state index contributed by atoms with van der Waals surface area (Å²) in [6, 6.07) is 2.35. The summed E-state index contributed by atoms with van der Waals surface area (Å²) in [7, 11) is 0. The topological polar surface area (TPSA) is 16.1 Å². The zero-order chi connectivity index (χ0) is 11.8. The third-order valence-corrected chi connectivity index (χ3v) is 2.12. The summed E-state index contributed by atoms with van der Waals surface area (Å²) < 4.78 is 30.7. The maximum absolute atomic E-state index is 8.36. The molecule has 0 bridgehead atoms. The summed E-state index contributed by atoms with van der Waals surface area (Å²) >= 11 is 0. The zero-order valence-corrected chi connectivity index (χ0v) is 6.83. The predicted molar refractivity (Wildman–Crippen MR) is 48.8 cm³/mol. The van der Waals surface area contributed by atoms with Crippen molar-refractivity contribution in [1.82, 2.24) is 9.88 Å². The van der Waals surface area contributed by atoms with E-state index < -0.39 is 13.0 Å². The van der Waals surface area contributed by atoms with Crippen molar-refractivity contribution in [2.45, 2.75) is 18.9 Å². The zero-order valence-electron chi connectivity index (χ0n) is 10.8. The predicted octanol–water partition coefficient (Wildman–Crippen LogP) is 1.85. The minimum atomic E-state index is -2.21. The van der Waals surface area contributed by atoms with Crippen LogP contribution in [-0.2, 0) is 0 Å². The summed E-state index contributed by atoms with van der Waals surface area (Å²) in [4.78, 5) is 5.24. The van der Waals surface area contributed by atoms with Gasteiger partial charge in [-0.3, -0.25) is 9.88 Å². The molecule has 1 fully saturated rings. The summed E-state index contributed by atoms with van der Waals surface area (Å²) in [5, 5.41) is 0. The molecule has 64 valence electrons. The lowest BCUT2D eigenvalue weighted by molar-refractivity contribution is 0.317. The van der Waals surface area contributed by atoms with E-state index in [1.165, 1.54) is 4.90 Å². The lowest BCUT2D eigenvalue weighted by atomic mass is 10.1. The standard InChI is InChI=1S/C10H14N2/c1-12-7-3-5-10(12)9-4-2-6-11-8-9/h2,4,6,8,10H,3,5,7H2,1H3/t10-/m0/s1/i1D3,10D. The molecule has 1 aliphatic heterocycles. The molecule has 0 spiro atoms. The quantitative estimate of drug-likeness (QED) is 0.633. The molecule has 12 heavy (non-hydrogen) atoms. The van der Waals surface area contributed by atoms with Crippen LogP contribution in [0.4, 0.5) is 0 Å². The highest BCUT2D eigenvalue weighted by Gasteiger charge is 2.21. The Labute approximate surface area is 78.8 Å². The van der Waals surface area contributed by atoms with Crippen LogP contribution in [0, 0.1) is 0 Å². The fraction of sp³-hybridized carbons (Fsp3) is 0.500. The molecule has 1 saturated heterocycles. The van der Waals surface area contributed by atoms with Gasteiger partial charge in [-0.15, -0.1) is 0 Å². The molecule has 1 aliphatic rings. The smallest absolute Gasteiger partial charge is 0.0519 e. The number of hydrogen-bond donors (Lipinski definition) is 0. The van der Waals surface area contributed by atoms with Crippen molar-refractivity contribution < 1.29 is 5.48 Å². The van der Waals surface area contributed by atoms with Gasteiger partial charge in [-0.1, -0.05) is 6.07 Å². The Morgan fingerprint density at radius 3 is 3.58 bits per heavy atom. The van der Waals surface area contributed by atoms with Crippen LogP contribution in [-0.4, -0.2) is 23.4 Å². The Kier molecular flexibility index (Phi) is 1.18. The van der Waals surface area contributed by atoms with Crippen molar-refractivity contribution in [3.8, 4) is 0 Å². The van der Waals surface area contributed by atoms with Gasteiger partial charge in [-0.25, -0.2) is 0 Å². The van der Waals surface area contributed by atoms with Gasteiger partial charge in [0, 0.05) is 22.5 Å². The Morgan fingerprint density at radius 1 is 1.83 bits per heavy atom. The van der Waals surface area contributed by atoms with Crippen molar-refractivity contribution >= 4 is 0 Å². The van der Waals surface area contributed by atoms with Crippen LogP contribution in [0.25, 0.3) is 0 Å². The molecule has 2 rings (SSSR count). The van der Waals surface area contributed by atoms with Crippen molar-refractivity contribution in [1.29, 1.82) is 0 Å². The van der Waals surface area contributed by atoms with Crippen molar-refractivity contribution in [2.24, 2.45) is 0 Å². The minimum Gasteiger partial charge on any atom is -0.299 e. The molecular weight excluding hydrogens is 148 g/mol. The first-order valence-corrected chi connectivity index (χ1v) is 4.13. The fourth-order valence-corrected chi connectivity index (χ4v) is 1.51. The highest BCUT2D eigenvalue weighted by molar-refractivity contribution is 5.14. The third kappa shape index (κ3) is 1.34. The van der Waals surface area contributed by atoms with E-state index in [1.807, 2.05) is 0 Å². The highest BCUT2D eigenvalue weighted by atomic mass is 15.1. The van der Waals surface area contributed by atoms with E-state index in [4.69, 9.17) is 5.48 Å². The normalized spacial score (nSPS) is 36.7. The lowest BCUT2D eigenvalue weighted by Gasteiger charge is -2.18. The molecule has 1 aromatic heterocycles. The Balaban J connectivity index is 2.37. The molecule has 0 N–H and O–H groups in total. The van der Waals surface area contributed by atoms with Gasteiger partial charge in [-0.05, 0) is 38.0 Å². The van der Waals surface area contributed by atoms with Gasteiger partial charge in [-0.2, -0.15) is 0 Å². The molecule has 0 unspecified atom stereocenters. The number of rotatable bonds is 1. The molecule has 0 radical (unpaired) electrons. The van der Waals surface area contributed by atoms with Crippen LogP contribution >= 0.6 is 0 Å². The molecule has 0 aliphatic carbocycles. The number of pyridine rings is 1. The van der Waals surface area contributed by atoms with E-state index in [9.17, 15) is 0 Å². The number of nitrogens with zero attached hydrogens (tertiary/aromatic N) is 2. The van der Waals surface area contributed by atoms with E-state index >= 15 is 0 Å². The summed E-state index contributed by atoms with van der Waals surface area (Å²) in [5.41, 5.74) is 0.656. The number of hydrogen-bond acceptors (Lipinski definition) is 2. The third-order valence-electron chi connectivity index (χ3n) is 2.12. The van der Waals surface area contributed by atoms with Crippen LogP contribution in [0.3, 0.4) is 0 Å². The number of aromatic nitrogens is 1. The molecule has 0 saturated carbocycles. The maximum atomic E-state index is 8.36. The SMILES string of the molecule is [2H]C([2H])([2H])N1CCC[C@@]1([2H])c1cccnc1. The monoisotopic (exact) mass is 166 g/mol. The van der Waals surface area contributed by atoms with Gasteiger partial charge in [0.25, 0.3) is 0 Å². The molecule has 2 heterocycles. The Morgan fingerprint density at radius 2 is 2.83 bits per heavy atom. The minimum absolute atomic E-state index is 0.439. The second-order valence-corrected chi connectivity index (χ2v) is 2.94. The van der Waals surface area contributed by atoms with Crippen molar-refractivity contribution in [2.75, 3.05) is 13.5 Å². The van der Waals surface area contributed by atoms with E-state index in [0.29, 0.717) is 18.5 Å². The number of likely N-dealkylation sites (tertiary alicyclic amines) is 1. The Bertz CT molecular complexity index is 365. The molecule has 0 amide bonds. The van der Waals surface area contributed by atoms with E-state index in [1.54, 1.807) is 24.5 Å². The van der Waals surface area contributed by atoms with Crippen LogP contribution in [0.1, 0.15) is 29.9 Å². The van der Waals surface area contributed by atoms with Gasteiger partial charge in [0.1, 0.15) is 0 Å². The van der Waals surface area contributed by atoms with E-state index in [-0.39, 0.29) is 0 Å². The molecule has 0 aromatic carbocycles. The maximum Gasteiger partial charge on any atom is 0.0519 e. The highest BCUT2D eigenvalue weighted by Crippen LogP contribution is 2.29. The van der Waals surface area contributed by atoms with Crippen LogP contribution in [0.15, 0.2) is 24.5 Å². The van der Waals surface area contributed by atoms with Crippen LogP contribution in [0.5, 0.6) is 0 Å². The van der Waals surface area contributed by atoms with E-state index in [0.717, 1.165) is 6.42 Å². The molecular formula is C10H14N2. The van der Waals surface area contributed by atoms with Crippen LogP contribution < -0.4 is 0 Å². The van der Waals surface area contributed by atoms with Gasteiger partial charge in [0.15, 0.2) is 0 Å². The van der Waals surface area contributed by atoms with Gasteiger partial charge < -0.3 is 0 Å². The average Bonchev–Trinajstić information content (AvgIpc) is 2.63. The van der Waals surface area contributed by atoms with Crippen LogP contribution in [0.2, 0.25) is 0 Å². The first kappa shape index (κ1) is 4.38. The van der Waals surface area contributed by atoms with E-state index in [2.05, 4.69) is 4.98 Å². The summed E-state index contributed by atoms with van der Waals surface area (Å²) in [6.45, 7) is -1.77. The van der Waals surface area contributed by atoms with Gasteiger partial charge in [0.2, 0.25) is 0 Å². The molecule has 1 aromatic rings. The molecule has 1 atom stereocenters. The second-order valence-electron chi connectivity index (χ2n) is 2.94. The first-order chi connectivity index (χ1) is 7.44. The fourth-order valence-electron chi connectivity index (χ4n) is 1.51. The summed E-state index contributed by atoms with van der Waals surface area (Å²) in [6.07, 6.45) is 4.48. The van der Waals surface area contributed by atoms with Gasteiger partial charge in [0.05, 0.1) is 1.37 Å². The average molecular weight is 166 g/mol. The van der Waals surface area contributed by atoms with Crippen molar-refractivity contribution in [3.63, 3.8) is 0 Å². The summed E-state index contributed by atoms with van der Waals surface area (Å²) in [5.74, 6) is 0. The molecule has 2 nitrogen and oxygen atoms in total. The first-order valence-electron chi connectivity index (χ1n) is 6.13. The largest absolute Gasteiger partial charge is 0.299 e. The lowest BCUT2D eigenvalue weighted by Crippen LogP contribution is -2.17. The Hall–Kier alpha value is -0.890. The van der Waals surface area contributed by atoms with Gasteiger partial charge >= 0.3 is 0 Å². The van der Waals surface area contributed by atoms with Crippen molar-refractivity contribution in [3.05, 3.63) is 30.1 Å². The molecule has 2 heteroatoms.